The Hall–Kier alpha value is -1.22. The van der Waals surface area contributed by atoms with Gasteiger partial charge in [-0.1, -0.05) is 15.9 Å². The minimum Gasteiger partial charge on any atom is -0.379 e. The molecule has 0 aliphatic carbocycles. The van der Waals surface area contributed by atoms with Crippen molar-refractivity contribution in [3.8, 4) is 0 Å². The molecule has 0 aliphatic rings. The number of anilines is 1. The van der Waals surface area contributed by atoms with E-state index in [1.165, 1.54) is 11.3 Å². The predicted octanol–water partition coefficient (Wildman–Crippen LogP) is 3.70. The Labute approximate surface area is 97.8 Å². The average molecular weight is 265 g/mol. The van der Waals surface area contributed by atoms with Gasteiger partial charge in [0.1, 0.15) is 0 Å². The van der Waals surface area contributed by atoms with E-state index in [-0.39, 0.29) is 0 Å². The second-order valence-corrected chi connectivity index (χ2v) is 4.37. The van der Waals surface area contributed by atoms with Crippen LogP contribution in [0.4, 0.5) is 5.69 Å². The lowest BCUT2D eigenvalue weighted by atomic mass is 10.2. The van der Waals surface area contributed by atoms with E-state index in [1.807, 2.05) is 12.3 Å². The van der Waals surface area contributed by atoms with Gasteiger partial charge in [-0.15, -0.1) is 0 Å². The molecule has 1 aromatic heterocycles. The number of benzene rings is 1. The fourth-order valence-electron chi connectivity index (χ4n) is 1.43. The summed E-state index contributed by atoms with van der Waals surface area (Å²) < 4.78 is 1.15. The van der Waals surface area contributed by atoms with Gasteiger partial charge in [0.05, 0.1) is 6.54 Å². The number of aromatic amines is 1. The topological polar surface area (TPSA) is 27.8 Å². The fourth-order valence-corrected chi connectivity index (χ4v) is 1.68. The van der Waals surface area contributed by atoms with Gasteiger partial charge in [-0.2, -0.15) is 0 Å². The van der Waals surface area contributed by atoms with Gasteiger partial charge in [-0.25, -0.2) is 0 Å². The number of aryl methyl sites for hydroxylation is 1. The van der Waals surface area contributed by atoms with Crippen LogP contribution in [0, 0.1) is 6.92 Å². The summed E-state index contributed by atoms with van der Waals surface area (Å²) in [6, 6.07) is 10.3. The van der Waals surface area contributed by atoms with Crippen LogP contribution in [0.5, 0.6) is 0 Å². The van der Waals surface area contributed by atoms with Crippen molar-refractivity contribution in [3.05, 3.63) is 52.3 Å². The smallest absolute Gasteiger partial charge is 0.0551 e. The predicted molar refractivity (Wildman–Crippen MR) is 67.0 cm³/mol. The van der Waals surface area contributed by atoms with Gasteiger partial charge in [0.2, 0.25) is 0 Å². The number of hydrogen-bond donors (Lipinski definition) is 2. The summed E-state index contributed by atoms with van der Waals surface area (Å²) in [6.45, 7) is 2.91. The van der Waals surface area contributed by atoms with Crippen LogP contribution in [-0.2, 0) is 6.54 Å². The maximum atomic E-state index is 3.49. The van der Waals surface area contributed by atoms with Crippen LogP contribution in [0.15, 0.2) is 41.0 Å². The van der Waals surface area contributed by atoms with Crippen molar-refractivity contribution in [2.75, 3.05) is 5.32 Å². The lowest BCUT2D eigenvalue weighted by Crippen LogP contribution is -1.99. The number of H-pyrrole nitrogens is 1. The first-order chi connectivity index (χ1) is 7.25. The molecule has 2 aromatic rings. The quantitative estimate of drug-likeness (QED) is 0.870. The molecule has 78 valence electrons. The van der Waals surface area contributed by atoms with Crippen LogP contribution < -0.4 is 5.32 Å². The molecule has 1 aromatic carbocycles. The number of aromatic nitrogens is 1. The average Bonchev–Trinajstić information content (AvgIpc) is 2.73. The number of halogens is 1. The molecule has 0 saturated heterocycles. The molecular formula is C12H13BrN2. The lowest BCUT2D eigenvalue weighted by molar-refractivity contribution is 1.07. The zero-order valence-electron chi connectivity index (χ0n) is 8.55. The molecule has 0 unspecified atom stereocenters. The first kappa shape index (κ1) is 10.3. The molecule has 0 amide bonds. The van der Waals surface area contributed by atoms with Crippen molar-refractivity contribution < 1.29 is 0 Å². The molecule has 3 heteroatoms. The maximum Gasteiger partial charge on any atom is 0.0551 e. The molecule has 0 fully saturated rings. The summed E-state index contributed by atoms with van der Waals surface area (Å²) in [5, 5.41) is 3.36. The SMILES string of the molecule is Cc1cc(NCc2ccc[nH]2)ccc1Br. The second-order valence-electron chi connectivity index (χ2n) is 3.51. The third-order valence-electron chi connectivity index (χ3n) is 2.30. The number of hydrogen-bond acceptors (Lipinski definition) is 1. The highest BCUT2D eigenvalue weighted by atomic mass is 79.9. The van der Waals surface area contributed by atoms with Gasteiger partial charge >= 0.3 is 0 Å². The molecule has 0 saturated carbocycles. The minimum atomic E-state index is 0.827. The van der Waals surface area contributed by atoms with Crippen molar-refractivity contribution in [2.45, 2.75) is 13.5 Å². The monoisotopic (exact) mass is 264 g/mol. The number of rotatable bonds is 3. The third-order valence-corrected chi connectivity index (χ3v) is 3.19. The Morgan fingerprint density at radius 3 is 2.87 bits per heavy atom. The summed E-state index contributed by atoms with van der Waals surface area (Å²) in [4.78, 5) is 3.16. The molecular weight excluding hydrogens is 252 g/mol. The fraction of sp³-hybridized carbons (Fsp3) is 0.167. The van der Waals surface area contributed by atoms with Crippen LogP contribution in [0.2, 0.25) is 0 Å². The molecule has 0 bridgehead atoms. The van der Waals surface area contributed by atoms with Gasteiger partial charge in [0, 0.05) is 22.1 Å². The molecule has 0 atom stereocenters. The Morgan fingerprint density at radius 2 is 2.20 bits per heavy atom. The Morgan fingerprint density at radius 1 is 1.33 bits per heavy atom. The highest BCUT2D eigenvalue weighted by Gasteiger charge is 1.97. The van der Waals surface area contributed by atoms with Gasteiger partial charge in [-0.3, -0.25) is 0 Å². The van der Waals surface area contributed by atoms with Crippen molar-refractivity contribution in [1.82, 2.24) is 4.98 Å². The molecule has 2 nitrogen and oxygen atoms in total. The van der Waals surface area contributed by atoms with Gasteiger partial charge in [0.15, 0.2) is 0 Å². The summed E-state index contributed by atoms with van der Waals surface area (Å²) in [7, 11) is 0. The molecule has 0 spiro atoms. The van der Waals surface area contributed by atoms with Crippen LogP contribution in [-0.4, -0.2) is 4.98 Å². The third kappa shape index (κ3) is 2.63. The minimum absolute atomic E-state index is 0.827. The summed E-state index contributed by atoms with van der Waals surface area (Å²) >= 11 is 3.49. The van der Waals surface area contributed by atoms with Crippen molar-refractivity contribution in [1.29, 1.82) is 0 Å². The van der Waals surface area contributed by atoms with Crippen LogP contribution in [0.25, 0.3) is 0 Å². The lowest BCUT2D eigenvalue weighted by Gasteiger charge is -2.06. The van der Waals surface area contributed by atoms with E-state index >= 15 is 0 Å². The van der Waals surface area contributed by atoms with Gasteiger partial charge in [-0.05, 0) is 42.8 Å². The van der Waals surface area contributed by atoms with E-state index in [1.54, 1.807) is 0 Å². The van der Waals surface area contributed by atoms with E-state index in [0.29, 0.717) is 0 Å². The normalized spacial score (nSPS) is 10.3. The Balaban J connectivity index is 2.02. The van der Waals surface area contributed by atoms with E-state index in [9.17, 15) is 0 Å². The van der Waals surface area contributed by atoms with Crippen molar-refractivity contribution in [2.24, 2.45) is 0 Å². The molecule has 15 heavy (non-hydrogen) atoms. The molecule has 2 rings (SSSR count). The maximum absolute atomic E-state index is 3.49. The van der Waals surface area contributed by atoms with Crippen LogP contribution >= 0.6 is 15.9 Å². The first-order valence-electron chi connectivity index (χ1n) is 4.88. The summed E-state index contributed by atoms with van der Waals surface area (Å²) in [5.41, 5.74) is 3.58. The van der Waals surface area contributed by atoms with E-state index < -0.39 is 0 Å². The Kier molecular flexibility index (Phi) is 3.11. The first-order valence-corrected chi connectivity index (χ1v) is 5.67. The zero-order chi connectivity index (χ0) is 10.7. The molecule has 0 radical (unpaired) electrons. The molecule has 0 aliphatic heterocycles. The standard InChI is InChI=1S/C12H13BrN2/c1-9-7-10(4-5-12(9)13)15-8-11-3-2-6-14-11/h2-7,14-15H,8H2,1H3. The van der Waals surface area contributed by atoms with Gasteiger partial charge < -0.3 is 10.3 Å². The molecule has 1 heterocycles. The zero-order valence-corrected chi connectivity index (χ0v) is 10.1. The van der Waals surface area contributed by atoms with Gasteiger partial charge in [0.25, 0.3) is 0 Å². The highest BCUT2D eigenvalue weighted by Crippen LogP contribution is 2.20. The Bertz CT molecular complexity index is 435. The summed E-state index contributed by atoms with van der Waals surface area (Å²) in [5.74, 6) is 0. The molecule has 2 N–H and O–H groups in total. The second kappa shape index (κ2) is 4.53. The van der Waals surface area contributed by atoms with E-state index in [2.05, 4.69) is 57.4 Å². The largest absolute Gasteiger partial charge is 0.379 e. The summed E-state index contributed by atoms with van der Waals surface area (Å²) in [6.07, 6.45) is 1.93. The van der Waals surface area contributed by atoms with E-state index in [4.69, 9.17) is 0 Å². The van der Waals surface area contributed by atoms with Crippen LogP contribution in [0.1, 0.15) is 11.3 Å². The number of nitrogens with one attached hydrogen (secondary N) is 2. The highest BCUT2D eigenvalue weighted by molar-refractivity contribution is 9.10. The van der Waals surface area contributed by atoms with Crippen LogP contribution in [0.3, 0.4) is 0 Å². The van der Waals surface area contributed by atoms with Crippen molar-refractivity contribution in [3.63, 3.8) is 0 Å². The van der Waals surface area contributed by atoms with Crippen molar-refractivity contribution >= 4 is 21.6 Å². The van der Waals surface area contributed by atoms with E-state index in [0.717, 1.165) is 16.7 Å².